The van der Waals surface area contributed by atoms with E-state index >= 15 is 0 Å². The van der Waals surface area contributed by atoms with Gasteiger partial charge in [0.1, 0.15) is 6.04 Å². The second-order valence-corrected chi connectivity index (χ2v) is 6.98. The minimum absolute atomic E-state index is 0.0754. The van der Waals surface area contributed by atoms with Crippen molar-refractivity contribution in [1.29, 1.82) is 0 Å². The predicted octanol–water partition coefficient (Wildman–Crippen LogP) is 2.29. The van der Waals surface area contributed by atoms with Crippen LogP contribution in [0.2, 0.25) is 0 Å². The van der Waals surface area contributed by atoms with Crippen LogP contribution in [0.15, 0.2) is 24.3 Å². The van der Waals surface area contributed by atoms with Gasteiger partial charge in [-0.1, -0.05) is 18.2 Å². The number of rotatable bonds is 2. The molecule has 1 amide bonds. The molecule has 21 heavy (non-hydrogen) atoms. The Labute approximate surface area is 127 Å². The van der Waals surface area contributed by atoms with E-state index in [1.165, 1.54) is 5.56 Å². The quantitative estimate of drug-likeness (QED) is 0.878. The predicted molar refractivity (Wildman–Crippen MR) is 87.4 cm³/mol. The number of nitrogens with one attached hydrogen (secondary N) is 2. The average Bonchev–Trinajstić information content (AvgIpc) is 2.56. The molecule has 0 aromatic heterocycles. The van der Waals surface area contributed by atoms with Crippen molar-refractivity contribution in [2.24, 2.45) is 0 Å². The molecule has 0 saturated heterocycles. The van der Waals surface area contributed by atoms with Crippen LogP contribution in [0.1, 0.15) is 40.2 Å². The van der Waals surface area contributed by atoms with Gasteiger partial charge in [0.05, 0.1) is 0 Å². The van der Waals surface area contributed by atoms with Crippen LogP contribution in [0.3, 0.4) is 0 Å². The third-order valence-corrected chi connectivity index (χ3v) is 3.76. The summed E-state index contributed by atoms with van der Waals surface area (Å²) in [5, 5.41) is 6.58. The molecule has 1 aliphatic heterocycles. The second kappa shape index (κ2) is 6.06. The van der Waals surface area contributed by atoms with E-state index in [0.717, 1.165) is 18.8 Å². The Balaban J connectivity index is 2.26. The smallest absolute Gasteiger partial charge is 0.242 e. The van der Waals surface area contributed by atoms with Gasteiger partial charge in [-0.2, -0.15) is 0 Å². The van der Waals surface area contributed by atoms with Gasteiger partial charge < -0.3 is 15.5 Å². The Kier molecular flexibility index (Phi) is 4.57. The zero-order chi connectivity index (χ0) is 15.6. The number of hydrogen-bond donors (Lipinski definition) is 2. The van der Waals surface area contributed by atoms with E-state index in [1.807, 2.05) is 33.8 Å². The molecular formula is C17H27N3O. The molecule has 1 aromatic carbocycles. The van der Waals surface area contributed by atoms with Crippen LogP contribution in [0.25, 0.3) is 0 Å². The fourth-order valence-corrected chi connectivity index (χ4v) is 2.66. The van der Waals surface area contributed by atoms with E-state index in [2.05, 4.69) is 40.7 Å². The van der Waals surface area contributed by atoms with Gasteiger partial charge in [-0.05, 0) is 46.2 Å². The van der Waals surface area contributed by atoms with Crippen LogP contribution >= 0.6 is 0 Å². The van der Waals surface area contributed by atoms with Gasteiger partial charge in [0.15, 0.2) is 0 Å². The third kappa shape index (κ3) is 3.97. The van der Waals surface area contributed by atoms with Crippen molar-refractivity contribution in [3.05, 3.63) is 29.8 Å². The number of hydrogen-bond acceptors (Lipinski definition) is 3. The number of benzene rings is 1. The molecule has 0 bridgehead atoms. The number of carbonyl (C=O) groups is 1. The summed E-state index contributed by atoms with van der Waals surface area (Å²) in [5.74, 6) is 0.0754. The Morgan fingerprint density at radius 2 is 2.05 bits per heavy atom. The SMILES string of the molecule is CC1CN(C(C)C(=O)NC(C)(C)C)c2ccccc2CN1. The molecule has 4 heteroatoms. The third-order valence-electron chi connectivity index (χ3n) is 3.76. The lowest BCUT2D eigenvalue weighted by molar-refractivity contribution is -0.123. The molecule has 0 radical (unpaired) electrons. The molecule has 4 nitrogen and oxygen atoms in total. The van der Waals surface area contributed by atoms with Gasteiger partial charge in [-0.3, -0.25) is 4.79 Å². The molecule has 0 aliphatic carbocycles. The highest BCUT2D eigenvalue weighted by Gasteiger charge is 2.28. The molecular weight excluding hydrogens is 262 g/mol. The summed E-state index contributed by atoms with van der Waals surface area (Å²) in [6.07, 6.45) is 0. The molecule has 2 rings (SSSR count). The maximum absolute atomic E-state index is 12.5. The molecule has 0 spiro atoms. The van der Waals surface area contributed by atoms with E-state index in [0.29, 0.717) is 6.04 Å². The molecule has 1 heterocycles. The summed E-state index contributed by atoms with van der Waals surface area (Å²) >= 11 is 0. The maximum Gasteiger partial charge on any atom is 0.242 e. The topological polar surface area (TPSA) is 44.4 Å². The number of nitrogens with zero attached hydrogens (tertiary/aromatic N) is 1. The lowest BCUT2D eigenvalue weighted by atomic mass is 10.1. The fraction of sp³-hybridized carbons (Fsp3) is 0.588. The standard InChI is InChI=1S/C17H27N3O/c1-12-11-20(13(2)16(21)19-17(3,4)5)15-9-7-6-8-14(15)10-18-12/h6-9,12-13,18H,10-11H2,1-5H3,(H,19,21). The lowest BCUT2D eigenvalue weighted by Crippen LogP contribution is -2.52. The molecule has 1 aliphatic rings. The van der Waals surface area contributed by atoms with Crippen molar-refractivity contribution >= 4 is 11.6 Å². The van der Waals surface area contributed by atoms with Crippen LogP contribution in [0, 0.1) is 0 Å². The van der Waals surface area contributed by atoms with Crippen molar-refractivity contribution in [3.8, 4) is 0 Å². The Morgan fingerprint density at radius 3 is 2.71 bits per heavy atom. The first-order valence-electron chi connectivity index (χ1n) is 7.68. The number of amides is 1. The van der Waals surface area contributed by atoms with Crippen LogP contribution in [-0.2, 0) is 11.3 Å². The van der Waals surface area contributed by atoms with Crippen molar-refractivity contribution in [1.82, 2.24) is 10.6 Å². The lowest BCUT2D eigenvalue weighted by Gasteiger charge is -2.33. The summed E-state index contributed by atoms with van der Waals surface area (Å²) in [6.45, 7) is 11.9. The van der Waals surface area contributed by atoms with Crippen LogP contribution in [0.5, 0.6) is 0 Å². The van der Waals surface area contributed by atoms with E-state index < -0.39 is 0 Å². The van der Waals surface area contributed by atoms with Crippen molar-refractivity contribution < 1.29 is 4.79 Å². The van der Waals surface area contributed by atoms with Crippen LogP contribution in [0.4, 0.5) is 5.69 Å². The molecule has 1 aromatic rings. The van der Waals surface area contributed by atoms with E-state index in [-0.39, 0.29) is 17.5 Å². The number of para-hydroxylation sites is 1. The Morgan fingerprint density at radius 1 is 1.38 bits per heavy atom. The fourth-order valence-electron chi connectivity index (χ4n) is 2.66. The first kappa shape index (κ1) is 15.8. The van der Waals surface area contributed by atoms with Crippen molar-refractivity contribution in [2.45, 2.75) is 58.8 Å². The normalized spacial score (nSPS) is 20.4. The highest BCUT2D eigenvalue weighted by atomic mass is 16.2. The van der Waals surface area contributed by atoms with E-state index in [1.54, 1.807) is 0 Å². The monoisotopic (exact) mass is 289 g/mol. The van der Waals surface area contributed by atoms with Gasteiger partial charge in [0.25, 0.3) is 0 Å². The maximum atomic E-state index is 12.5. The summed E-state index contributed by atoms with van der Waals surface area (Å²) in [6, 6.07) is 8.48. The Bertz CT molecular complexity index is 507. The second-order valence-electron chi connectivity index (χ2n) is 6.98. The molecule has 0 fully saturated rings. The number of anilines is 1. The highest BCUT2D eigenvalue weighted by molar-refractivity contribution is 5.85. The molecule has 2 N–H and O–H groups in total. The van der Waals surface area contributed by atoms with E-state index in [4.69, 9.17) is 0 Å². The average molecular weight is 289 g/mol. The summed E-state index contributed by atoms with van der Waals surface area (Å²) in [5.41, 5.74) is 2.20. The minimum Gasteiger partial charge on any atom is -0.358 e. The first-order valence-corrected chi connectivity index (χ1v) is 7.68. The van der Waals surface area contributed by atoms with Crippen LogP contribution in [-0.4, -0.2) is 30.1 Å². The Hall–Kier alpha value is -1.55. The summed E-state index contributed by atoms with van der Waals surface area (Å²) in [4.78, 5) is 14.7. The zero-order valence-electron chi connectivity index (χ0n) is 13.7. The molecule has 2 atom stereocenters. The molecule has 2 unspecified atom stereocenters. The van der Waals surface area contributed by atoms with Crippen molar-refractivity contribution in [3.63, 3.8) is 0 Å². The summed E-state index contributed by atoms with van der Waals surface area (Å²) in [7, 11) is 0. The van der Waals surface area contributed by atoms with Gasteiger partial charge >= 0.3 is 0 Å². The van der Waals surface area contributed by atoms with E-state index in [9.17, 15) is 4.79 Å². The first-order chi connectivity index (χ1) is 9.78. The van der Waals surface area contributed by atoms with Gasteiger partial charge in [-0.15, -0.1) is 0 Å². The van der Waals surface area contributed by atoms with Crippen molar-refractivity contribution in [2.75, 3.05) is 11.4 Å². The summed E-state index contributed by atoms with van der Waals surface area (Å²) < 4.78 is 0. The number of fused-ring (bicyclic) bond motifs is 1. The van der Waals surface area contributed by atoms with Crippen LogP contribution < -0.4 is 15.5 Å². The highest BCUT2D eigenvalue weighted by Crippen LogP contribution is 2.25. The van der Waals surface area contributed by atoms with Gasteiger partial charge in [0, 0.05) is 30.4 Å². The zero-order valence-corrected chi connectivity index (χ0v) is 13.7. The minimum atomic E-state index is -0.208. The largest absolute Gasteiger partial charge is 0.358 e. The molecule has 116 valence electrons. The van der Waals surface area contributed by atoms with Gasteiger partial charge in [0.2, 0.25) is 5.91 Å². The van der Waals surface area contributed by atoms with Gasteiger partial charge in [-0.25, -0.2) is 0 Å². The number of carbonyl (C=O) groups excluding carboxylic acids is 1. The molecule has 0 saturated carbocycles.